The van der Waals surface area contributed by atoms with Gasteiger partial charge in [0.05, 0.1) is 12.1 Å². The maximum atomic E-state index is 10.9. The molecule has 4 heteroatoms. The van der Waals surface area contributed by atoms with Crippen molar-refractivity contribution in [2.75, 3.05) is 6.61 Å². The van der Waals surface area contributed by atoms with Gasteiger partial charge in [0.1, 0.15) is 5.75 Å². The Morgan fingerprint density at radius 3 is 2.44 bits per heavy atom. The van der Waals surface area contributed by atoms with Crippen LogP contribution in [0, 0.1) is 6.92 Å². The number of amides is 1. The fourth-order valence-corrected chi connectivity index (χ4v) is 1.14. The smallest absolute Gasteiger partial charge is 0.237 e. The molecule has 0 bridgehead atoms. The van der Waals surface area contributed by atoms with Crippen molar-refractivity contribution in [2.45, 2.75) is 25.8 Å². The SMILES string of the molecule is Cc1ccc(OCCC(C)(N)C(N)=O)cc1. The number of carbonyl (C=O) groups is 1. The van der Waals surface area contributed by atoms with Gasteiger partial charge in [-0.15, -0.1) is 0 Å². The Balaban J connectivity index is 2.41. The molecule has 1 atom stereocenters. The van der Waals surface area contributed by atoms with E-state index in [2.05, 4.69) is 0 Å². The van der Waals surface area contributed by atoms with Gasteiger partial charge < -0.3 is 16.2 Å². The molecule has 0 saturated heterocycles. The van der Waals surface area contributed by atoms with E-state index in [9.17, 15) is 4.79 Å². The number of nitrogens with two attached hydrogens (primary N) is 2. The molecule has 1 unspecified atom stereocenters. The number of aryl methyl sites for hydroxylation is 1. The quantitative estimate of drug-likeness (QED) is 0.779. The van der Waals surface area contributed by atoms with E-state index in [1.807, 2.05) is 31.2 Å². The Labute approximate surface area is 95.6 Å². The second-order valence-corrected chi connectivity index (χ2v) is 4.19. The van der Waals surface area contributed by atoms with Crippen molar-refractivity contribution >= 4 is 5.91 Å². The molecule has 0 aliphatic carbocycles. The van der Waals surface area contributed by atoms with Gasteiger partial charge in [-0.2, -0.15) is 0 Å². The summed E-state index contributed by atoms with van der Waals surface area (Å²) in [6, 6.07) is 7.69. The van der Waals surface area contributed by atoms with E-state index < -0.39 is 11.4 Å². The zero-order valence-electron chi connectivity index (χ0n) is 9.69. The van der Waals surface area contributed by atoms with Gasteiger partial charge in [-0.3, -0.25) is 4.79 Å². The molecule has 1 aromatic carbocycles. The van der Waals surface area contributed by atoms with Crippen molar-refractivity contribution in [1.29, 1.82) is 0 Å². The van der Waals surface area contributed by atoms with Crippen molar-refractivity contribution in [3.63, 3.8) is 0 Å². The fraction of sp³-hybridized carbons (Fsp3) is 0.417. The number of ether oxygens (including phenoxy) is 1. The number of benzene rings is 1. The van der Waals surface area contributed by atoms with E-state index in [-0.39, 0.29) is 0 Å². The molecule has 0 aliphatic rings. The predicted molar refractivity (Wildman–Crippen MR) is 63.1 cm³/mol. The Morgan fingerprint density at radius 2 is 1.94 bits per heavy atom. The largest absolute Gasteiger partial charge is 0.494 e. The minimum Gasteiger partial charge on any atom is -0.494 e. The van der Waals surface area contributed by atoms with E-state index in [0.717, 1.165) is 5.75 Å². The van der Waals surface area contributed by atoms with Crippen LogP contribution in [-0.2, 0) is 4.79 Å². The zero-order valence-corrected chi connectivity index (χ0v) is 9.69. The van der Waals surface area contributed by atoms with E-state index in [4.69, 9.17) is 16.2 Å². The fourth-order valence-electron chi connectivity index (χ4n) is 1.14. The van der Waals surface area contributed by atoms with Gasteiger partial charge in [-0.25, -0.2) is 0 Å². The molecule has 1 aromatic rings. The maximum absolute atomic E-state index is 10.9. The van der Waals surface area contributed by atoms with E-state index >= 15 is 0 Å². The molecule has 16 heavy (non-hydrogen) atoms. The van der Waals surface area contributed by atoms with Gasteiger partial charge in [0.15, 0.2) is 0 Å². The molecule has 0 saturated carbocycles. The second-order valence-electron chi connectivity index (χ2n) is 4.19. The molecule has 0 aromatic heterocycles. The molecular formula is C12H18N2O2. The van der Waals surface area contributed by atoms with Gasteiger partial charge in [-0.05, 0) is 26.0 Å². The summed E-state index contributed by atoms with van der Waals surface area (Å²) in [5.74, 6) is 0.255. The Morgan fingerprint density at radius 1 is 1.38 bits per heavy atom. The van der Waals surface area contributed by atoms with Crippen LogP contribution in [0.1, 0.15) is 18.9 Å². The van der Waals surface area contributed by atoms with Crippen LogP contribution >= 0.6 is 0 Å². The molecular weight excluding hydrogens is 204 g/mol. The van der Waals surface area contributed by atoms with E-state index in [1.165, 1.54) is 5.56 Å². The summed E-state index contributed by atoms with van der Waals surface area (Å²) in [4.78, 5) is 10.9. The lowest BCUT2D eigenvalue weighted by molar-refractivity contribution is -0.123. The van der Waals surface area contributed by atoms with Crippen LogP contribution in [0.2, 0.25) is 0 Å². The lowest BCUT2D eigenvalue weighted by atomic mass is 9.99. The normalized spacial score (nSPS) is 14.2. The number of primary amides is 1. The minimum atomic E-state index is -1.01. The third-order valence-electron chi connectivity index (χ3n) is 2.47. The molecule has 1 amide bonds. The van der Waals surface area contributed by atoms with Crippen LogP contribution in [0.3, 0.4) is 0 Å². The van der Waals surface area contributed by atoms with Crippen molar-refractivity contribution in [1.82, 2.24) is 0 Å². The first-order chi connectivity index (χ1) is 7.42. The van der Waals surface area contributed by atoms with Crippen LogP contribution in [0.15, 0.2) is 24.3 Å². The lowest BCUT2D eigenvalue weighted by Gasteiger charge is -2.20. The van der Waals surface area contributed by atoms with Gasteiger partial charge in [0.25, 0.3) is 0 Å². The molecule has 0 aliphatic heterocycles. The van der Waals surface area contributed by atoms with Gasteiger partial charge in [0.2, 0.25) is 5.91 Å². The average Bonchev–Trinajstić information content (AvgIpc) is 2.20. The third kappa shape index (κ3) is 3.55. The topological polar surface area (TPSA) is 78.3 Å². The van der Waals surface area contributed by atoms with Crippen molar-refractivity contribution in [3.05, 3.63) is 29.8 Å². The molecule has 0 radical (unpaired) electrons. The van der Waals surface area contributed by atoms with Crippen LogP contribution < -0.4 is 16.2 Å². The first-order valence-electron chi connectivity index (χ1n) is 5.20. The predicted octanol–water partition coefficient (Wildman–Crippen LogP) is 0.967. The van der Waals surface area contributed by atoms with Gasteiger partial charge in [0, 0.05) is 6.42 Å². The van der Waals surface area contributed by atoms with Crippen molar-refractivity contribution < 1.29 is 9.53 Å². The molecule has 0 fully saturated rings. The molecule has 4 N–H and O–H groups in total. The molecule has 4 nitrogen and oxygen atoms in total. The van der Waals surface area contributed by atoms with Crippen LogP contribution in [-0.4, -0.2) is 18.1 Å². The van der Waals surface area contributed by atoms with Crippen LogP contribution in [0.5, 0.6) is 5.75 Å². The second kappa shape index (κ2) is 4.99. The van der Waals surface area contributed by atoms with Crippen LogP contribution in [0.25, 0.3) is 0 Å². The molecule has 0 heterocycles. The highest BCUT2D eigenvalue weighted by Crippen LogP contribution is 2.13. The minimum absolute atomic E-state index is 0.374. The number of carbonyl (C=O) groups excluding carboxylic acids is 1. The van der Waals surface area contributed by atoms with Gasteiger partial charge in [-0.1, -0.05) is 17.7 Å². The Kier molecular flexibility index (Phi) is 3.90. The van der Waals surface area contributed by atoms with Crippen LogP contribution in [0.4, 0.5) is 0 Å². The first-order valence-corrected chi connectivity index (χ1v) is 5.20. The molecule has 1 rings (SSSR count). The van der Waals surface area contributed by atoms with Gasteiger partial charge >= 0.3 is 0 Å². The maximum Gasteiger partial charge on any atom is 0.237 e. The van der Waals surface area contributed by atoms with Crippen molar-refractivity contribution in [2.24, 2.45) is 11.5 Å². The highest BCUT2D eigenvalue weighted by atomic mass is 16.5. The molecule has 88 valence electrons. The highest BCUT2D eigenvalue weighted by Gasteiger charge is 2.25. The summed E-state index contributed by atoms with van der Waals surface area (Å²) in [7, 11) is 0. The standard InChI is InChI=1S/C12H18N2O2/c1-9-3-5-10(6-4-9)16-8-7-12(2,14)11(13)15/h3-6H,7-8,14H2,1-2H3,(H2,13,15). The Bertz CT molecular complexity index is 358. The lowest BCUT2D eigenvalue weighted by Crippen LogP contribution is -2.50. The molecule has 0 spiro atoms. The van der Waals surface area contributed by atoms with E-state index in [1.54, 1.807) is 6.92 Å². The first kappa shape index (κ1) is 12.5. The zero-order chi connectivity index (χ0) is 12.2. The average molecular weight is 222 g/mol. The summed E-state index contributed by atoms with van der Waals surface area (Å²) < 4.78 is 5.46. The summed E-state index contributed by atoms with van der Waals surface area (Å²) in [5, 5.41) is 0. The summed E-state index contributed by atoms with van der Waals surface area (Å²) in [6.45, 7) is 3.99. The third-order valence-corrected chi connectivity index (χ3v) is 2.47. The monoisotopic (exact) mass is 222 g/mol. The summed E-state index contributed by atoms with van der Waals surface area (Å²) in [5.41, 5.74) is 11.0. The van der Waals surface area contributed by atoms with E-state index in [0.29, 0.717) is 13.0 Å². The van der Waals surface area contributed by atoms with Crippen molar-refractivity contribution in [3.8, 4) is 5.75 Å². The number of rotatable bonds is 5. The summed E-state index contributed by atoms with van der Waals surface area (Å²) in [6.07, 6.45) is 0.399. The highest BCUT2D eigenvalue weighted by molar-refractivity contribution is 5.83. The summed E-state index contributed by atoms with van der Waals surface area (Å²) >= 11 is 0. The number of hydrogen-bond acceptors (Lipinski definition) is 3. The Hall–Kier alpha value is -1.55. The number of hydrogen-bond donors (Lipinski definition) is 2.